The molecule has 1 rings (SSSR count). The third kappa shape index (κ3) is 3.11. The van der Waals surface area contributed by atoms with Crippen molar-refractivity contribution in [3.63, 3.8) is 0 Å². The number of hydrogen-bond donors (Lipinski definition) is 2. The van der Waals surface area contributed by atoms with Crippen molar-refractivity contribution in [1.82, 2.24) is 0 Å². The zero-order valence-corrected chi connectivity index (χ0v) is 9.38. The minimum Gasteiger partial charge on any atom is -0.496 e. The first-order valence-corrected chi connectivity index (χ1v) is 4.14. The Morgan fingerprint density at radius 2 is 1.93 bits per heavy atom. The minimum absolute atomic E-state index is 0. The standard InChI is InChI=1S/C10H13NO3.ClH/c1-13-8-6-4-3-5-7(8)9(12)10(11)14-2;/h3-6,9,11-12H,1-2H3;1H. The molecular formula is C10H14ClNO3. The summed E-state index contributed by atoms with van der Waals surface area (Å²) in [6.45, 7) is 0. The van der Waals surface area contributed by atoms with Gasteiger partial charge in [-0.15, -0.1) is 12.4 Å². The molecule has 4 nitrogen and oxygen atoms in total. The number of aliphatic hydroxyl groups excluding tert-OH is 1. The van der Waals surface area contributed by atoms with Gasteiger partial charge in [-0.05, 0) is 6.07 Å². The van der Waals surface area contributed by atoms with Crippen molar-refractivity contribution in [2.45, 2.75) is 6.10 Å². The molecule has 0 aliphatic heterocycles. The van der Waals surface area contributed by atoms with Gasteiger partial charge >= 0.3 is 0 Å². The van der Waals surface area contributed by atoms with Crippen molar-refractivity contribution in [3.8, 4) is 5.75 Å². The Morgan fingerprint density at radius 3 is 2.47 bits per heavy atom. The maximum absolute atomic E-state index is 9.67. The Bertz CT molecular complexity index is 330. The highest BCUT2D eigenvalue weighted by Crippen LogP contribution is 2.25. The number of nitrogens with one attached hydrogen (secondary N) is 1. The number of para-hydroxylation sites is 1. The molecule has 0 spiro atoms. The van der Waals surface area contributed by atoms with Gasteiger partial charge < -0.3 is 14.6 Å². The number of halogens is 1. The Morgan fingerprint density at radius 1 is 1.33 bits per heavy atom. The van der Waals surface area contributed by atoms with E-state index in [4.69, 9.17) is 10.1 Å². The van der Waals surface area contributed by atoms with Gasteiger partial charge in [-0.1, -0.05) is 18.2 Å². The molecule has 0 bridgehead atoms. The van der Waals surface area contributed by atoms with Crippen molar-refractivity contribution in [3.05, 3.63) is 29.8 Å². The molecule has 15 heavy (non-hydrogen) atoms. The molecule has 0 aliphatic carbocycles. The first-order chi connectivity index (χ1) is 6.70. The zero-order valence-electron chi connectivity index (χ0n) is 8.56. The van der Waals surface area contributed by atoms with Crippen molar-refractivity contribution in [2.75, 3.05) is 14.2 Å². The number of aliphatic hydroxyl groups is 1. The molecule has 0 aliphatic rings. The van der Waals surface area contributed by atoms with Crippen LogP contribution in [-0.4, -0.2) is 25.2 Å². The first-order valence-electron chi connectivity index (χ1n) is 4.14. The van der Waals surface area contributed by atoms with E-state index in [1.165, 1.54) is 14.2 Å². The third-order valence-electron chi connectivity index (χ3n) is 1.90. The maximum atomic E-state index is 9.67. The summed E-state index contributed by atoms with van der Waals surface area (Å²) in [6, 6.07) is 6.98. The zero-order chi connectivity index (χ0) is 10.6. The van der Waals surface area contributed by atoms with Crippen LogP contribution in [0.2, 0.25) is 0 Å². The van der Waals surface area contributed by atoms with Crippen molar-refractivity contribution < 1.29 is 14.6 Å². The van der Waals surface area contributed by atoms with E-state index in [-0.39, 0.29) is 18.3 Å². The van der Waals surface area contributed by atoms with Gasteiger partial charge in [-0.3, -0.25) is 5.41 Å². The molecule has 5 heteroatoms. The number of rotatable bonds is 3. The van der Waals surface area contributed by atoms with Crippen LogP contribution in [-0.2, 0) is 4.74 Å². The van der Waals surface area contributed by atoms with Gasteiger partial charge in [0.15, 0.2) is 6.10 Å². The lowest BCUT2D eigenvalue weighted by Crippen LogP contribution is -2.13. The van der Waals surface area contributed by atoms with Gasteiger partial charge in [-0.2, -0.15) is 0 Å². The van der Waals surface area contributed by atoms with E-state index < -0.39 is 6.10 Å². The fraction of sp³-hybridized carbons (Fsp3) is 0.300. The van der Waals surface area contributed by atoms with E-state index in [0.717, 1.165) is 0 Å². The highest BCUT2D eigenvalue weighted by atomic mass is 35.5. The SMILES string of the molecule is COC(=N)C(O)c1ccccc1OC.Cl. The van der Waals surface area contributed by atoms with Crippen LogP contribution in [0.3, 0.4) is 0 Å². The average molecular weight is 232 g/mol. The van der Waals surface area contributed by atoms with Crippen LogP contribution in [0.25, 0.3) is 0 Å². The molecular weight excluding hydrogens is 218 g/mol. The summed E-state index contributed by atoms with van der Waals surface area (Å²) < 4.78 is 9.69. The van der Waals surface area contributed by atoms with Gasteiger partial charge in [0.2, 0.25) is 5.90 Å². The Hall–Kier alpha value is -1.26. The summed E-state index contributed by atoms with van der Waals surface area (Å²) in [4.78, 5) is 0. The number of benzene rings is 1. The second-order valence-electron chi connectivity index (χ2n) is 2.71. The van der Waals surface area contributed by atoms with Crippen molar-refractivity contribution >= 4 is 18.3 Å². The minimum atomic E-state index is -1.07. The Labute approximate surface area is 94.8 Å². The van der Waals surface area contributed by atoms with E-state index in [2.05, 4.69) is 4.74 Å². The summed E-state index contributed by atoms with van der Waals surface area (Å²) in [6.07, 6.45) is -1.07. The molecule has 0 aromatic heterocycles. The number of hydrogen-bond acceptors (Lipinski definition) is 4. The monoisotopic (exact) mass is 231 g/mol. The second kappa shape index (κ2) is 6.27. The molecule has 1 atom stereocenters. The molecule has 1 aromatic carbocycles. The number of ether oxygens (including phenoxy) is 2. The van der Waals surface area contributed by atoms with Crippen LogP contribution in [0.5, 0.6) is 5.75 Å². The van der Waals surface area contributed by atoms with Crippen molar-refractivity contribution in [1.29, 1.82) is 5.41 Å². The fourth-order valence-corrected chi connectivity index (χ4v) is 1.15. The van der Waals surface area contributed by atoms with Crippen LogP contribution in [0, 0.1) is 5.41 Å². The summed E-state index contributed by atoms with van der Waals surface area (Å²) in [5.74, 6) is 0.344. The lowest BCUT2D eigenvalue weighted by Gasteiger charge is -2.14. The number of methoxy groups -OCH3 is 2. The summed E-state index contributed by atoms with van der Waals surface area (Å²) >= 11 is 0. The van der Waals surface area contributed by atoms with Crippen LogP contribution >= 0.6 is 12.4 Å². The predicted molar refractivity (Wildman–Crippen MR) is 59.9 cm³/mol. The fourth-order valence-electron chi connectivity index (χ4n) is 1.15. The molecule has 0 saturated carbocycles. The van der Waals surface area contributed by atoms with Crippen LogP contribution in [0.4, 0.5) is 0 Å². The quantitative estimate of drug-likeness (QED) is 0.616. The summed E-state index contributed by atoms with van der Waals surface area (Å²) in [5.41, 5.74) is 0.529. The van der Waals surface area contributed by atoms with Crippen LogP contribution in [0.15, 0.2) is 24.3 Å². The van der Waals surface area contributed by atoms with E-state index in [1.54, 1.807) is 24.3 Å². The van der Waals surface area contributed by atoms with Gasteiger partial charge in [0.05, 0.1) is 14.2 Å². The van der Waals surface area contributed by atoms with Crippen LogP contribution < -0.4 is 4.74 Å². The molecule has 0 amide bonds. The third-order valence-corrected chi connectivity index (χ3v) is 1.90. The smallest absolute Gasteiger partial charge is 0.214 e. The maximum Gasteiger partial charge on any atom is 0.214 e. The predicted octanol–water partition coefficient (Wildman–Crippen LogP) is 1.77. The molecule has 1 aromatic rings. The normalized spacial score (nSPS) is 11.1. The summed E-state index contributed by atoms with van der Waals surface area (Å²) in [5, 5.41) is 17.0. The molecule has 2 N–H and O–H groups in total. The highest BCUT2D eigenvalue weighted by Gasteiger charge is 2.17. The molecule has 0 fully saturated rings. The molecule has 84 valence electrons. The molecule has 0 heterocycles. The summed E-state index contributed by atoms with van der Waals surface area (Å²) in [7, 11) is 2.86. The van der Waals surface area contributed by atoms with Crippen LogP contribution in [0.1, 0.15) is 11.7 Å². The Balaban J connectivity index is 0.00000196. The average Bonchev–Trinajstić information content (AvgIpc) is 2.26. The van der Waals surface area contributed by atoms with E-state index >= 15 is 0 Å². The highest BCUT2D eigenvalue weighted by molar-refractivity contribution is 5.85. The topological polar surface area (TPSA) is 62.5 Å². The van der Waals surface area contributed by atoms with Gasteiger partial charge in [0.1, 0.15) is 5.75 Å². The molecule has 0 saturated heterocycles. The van der Waals surface area contributed by atoms with Gasteiger partial charge in [0.25, 0.3) is 0 Å². The van der Waals surface area contributed by atoms with Gasteiger partial charge in [-0.25, -0.2) is 0 Å². The lowest BCUT2D eigenvalue weighted by atomic mass is 10.1. The second-order valence-corrected chi connectivity index (χ2v) is 2.71. The molecule has 0 radical (unpaired) electrons. The first kappa shape index (κ1) is 13.7. The molecule has 1 unspecified atom stereocenters. The van der Waals surface area contributed by atoms with Gasteiger partial charge in [0, 0.05) is 5.56 Å². The van der Waals surface area contributed by atoms with E-state index in [1.807, 2.05) is 0 Å². The Kier molecular flexibility index (Phi) is 5.74. The largest absolute Gasteiger partial charge is 0.496 e. The van der Waals surface area contributed by atoms with E-state index in [0.29, 0.717) is 11.3 Å². The lowest BCUT2D eigenvalue weighted by molar-refractivity contribution is 0.201. The van der Waals surface area contributed by atoms with E-state index in [9.17, 15) is 5.11 Å². The van der Waals surface area contributed by atoms with Crippen molar-refractivity contribution in [2.24, 2.45) is 0 Å².